The average Bonchev–Trinajstić information content (AvgIpc) is 2.59. The molecule has 0 bridgehead atoms. The summed E-state index contributed by atoms with van der Waals surface area (Å²) in [5.74, 6) is -1.07. The van der Waals surface area contributed by atoms with Gasteiger partial charge >= 0.3 is 6.09 Å². The van der Waals surface area contributed by atoms with Gasteiger partial charge in [0.2, 0.25) is 5.60 Å². The summed E-state index contributed by atoms with van der Waals surface area (Å²) in [5, 5.41) is 0.367. The Morgan fingerprint density at radius 1 is 1.39 bits per heavy atom. The largest absolute Gasteiger partial charge is 0.428 e. The van der Waals surface area contributed by atoms with Crippen molar-refractivity contribution in [3.8, 4) is 0 Å². The number of cyclic esters (lactones) is 1. The van der Waals surface area contributed by atoms with Crippen LogP contribution >= 0.6 is 23.2 Å². The van der Waals surface area contributed by atoms with Gasteiger partial charge in [-0.15, -0.1) is 0 Å². The number of carbonyl (C=O) groups excluding carboxylic acids is 2. The lowest BCUT2D eigenvalue weighted by molar-refractivity contribution is -0.125. The van der Waals surface area contributed by atoms with E-state index in [0.29, 0.717) is 4.90 Å². The van der Waals surface area contributed by atoms with Crippen molar-refractivity contribution in [1.29, 1.82) is 0 Å². The van der Waals surface area contributed by atoms with Crippen LogP contribution in [0.1, 0.15) is 11.0 Å². The molecule has 1 fully saturated rings. The van der Waals surface area contributed by atoms with E-state index in [1.807, 2.05) is 0 Å². The Bertz CT molecular complexity index is 627. The van der Waals surface area contributed by atoms with Gasteiger partial charge in [0, 0.05) is 14.2 Å². The summed E-state index contributed by atoms with van der Waals surface area (Å²) in [6.07, 6.45) is -0.332. The summed E-state index contributed by atoms with van der Waals surface area (Å²) >= 11 is 11.6. The molecule has 4 nitrogen and oxygen atoms in total. The van der Waals surface area contributed by atoms with Gasteiger partial charge < -0.3 is 4.74 Å². The van der Waals surface area contributed by atoms with E-state index in [9.17, 15) is 9.59 Å². The molecule has 0 aromatic heterocycles. The fourth-order valence-electron chi connectivity index (χ4n) is 1.50. The smallest absolute Gasteiger partial charge is 0.422 e. The number of ether oxygens (including phenoxy) is 1. The third kappa shape index (κ3) is 1.98. The summed E-state index contributed by atoms with van der Waals surface area (Å²) in [6, 6.07) is 4.00. The van der Waals surface area contributed by atoms with Crippen LogP contribution in [0, 0.1) is 0 Å². The topological polar surface area (TPSA) is 46.6 Å². The first-order valence-corrected chi connectivity index (χ1v) is 5.55. The van der Waals surface area contributed by atoms with Crippen molar-refractivity contribution in [3.05, 3.63) is 40.9 Å². The molecule has 1 atom stereocenters. The van der Waals surface area contributed by atoms with Crippen LogP contribution < -0.4 is 4.90 Å². The fraction of sp³-hybridized carbons (Fsp3) is 0.167. The van der Waals surface area contributed by atoms with Gasteiger partial charge in [-0.2, -0.15) is 0 Å². The average molecular weight is 292 g/mol. The number of anilines is 1. The summed E-state index contributed by atoms with van der Waals surface area (Å²) in [7, 11) is 0. The van der Waals surface area contributed by atoms with Crippen LogP contribution in [0.15, 0.2) is 30.9 Å². The standard InChI is InChI=1S/C12H9Cl2NO3/c1-3-12(2)10(16)15(11(17)18-12)9-5-7(13)4-8(14)6-9/h3-6H,1H2,2H3/i2+1D3,10+1,12+1. The van der Waals surface area contributed by atoms with Gasteiger partial charge in [0.25, 0.3) is 5.91 Å². The van der Waals surface area contributed by atoms with Gasteiger partial charge in [0.05, 0.1) is 5.69 Å². The van der Waals surface area contributed by atoms with E-state index in [1.165, 1.54) is 18.2 Å². The van der Waals surface area contributed by atoms with Gasteiger partial charge in [0.15, 0.2) is 0 Å². The second-order valence-electron chi connectivity index (χ2n) is 3.58. The summed E-state index contributed by atoms with van der Waals surface area (Å²) in [5.41, 5.74) is -2.39. The Balaban J connectivity index is 2.55. The number of amides is 2. The van der Waals surface area contributed by atoms with Crippen molar-refractivity contribution in [1.82, 2.24) is 0 Å². The number of benzene rings is 1. The lowest BCUT2D eigenvalue weighted by Crippen LogP contribution is -2.37. The maximum absolute atomic E-state index is 12.4. The number of halogens is 2. The Labute approximate surface area is 118 Å². The molecule has 1 aromatic rings. The quantitative estimate of drug-likeness (QED) is 0.620. The minimum atomic E-state index is -2.89. The minimum Gasteiger partial charge on any atom is -0.428 e. The molecule has 1 aliphatic heterocycles. The third-order valence-electron chi connectivity index (χ3n) is 2.34. The van der Waals surface area contributed by atoms with Crippen LogP contribution in [-0.4, -0.2) is 17.6 Å². The molecule has 0 spiro atoms. The summed E-state index contributed by atoms with van der Waals surface area (Å²) in [6.45, 7) is 0.402. The molecule has 1 aromatic carbocycles. The van der Waals surface area contributed by atoms with Crippen molar-refractivity contribution < 1.29 is 18.4 Å². The third-order valence-corrected chi connectivity index (χ3v) is 2.78. The van der Waals surface area contributed by atoms with Crippen molar-refractivity contribution in [3.63, 3.8) is 0 Å². The number of nitrogens with zero attached hydrogens (tertiary/aromatic N) is 1. The van der Waals surface area contributed by atoms with Crippen LogP contribution in [0.4, 0.5) is 10.5 Å². The Morgan fingerprint density at radius 2 is 2.00 bits per heavy atom. The Kier molecular flexibility index (Phi) is 2.25. The lowest BCUT2D eigenvalue weighted by atomic mass is 10.3. The molecule has 6 heteroatoms. The zero-order valence-electron chi connectivity index (χ0n) is 11.9. The number of hydrogen-bond acceptors (Lipinski definition) is 3. The first-order valence-electron chi connectivity index (χ1n) is 6.29. The lowest BCUT2D eigenvalue weighted by Gasteiger charge is -2.15. The molecule has 0 radical (unpaired) electrons. The predicted molar refractivity (Wildman–Crippen MR) is 69.0 cm³/mol. The predicted octanol–water partition coefficient (Wildman–Crippen LogP) is 3.42. The van der Waals surface area contributed by atoms with E-state index in [4.69, 9.17) is 32.1 Å². The molecule has 2 amide bonds. The molecule has 1 heterocycles. The van der Waals surface area contributed by atoms with Gasteiger partial charge in [0.1, 0.15) is 0 Å². The molecule has 18 heavy (non-hydrogen) atoms. The number of hydrogen-bond donors (Lipinski definition) is 0. The molecular formula is C12H9Cl2NO3. The van der Waals surface area contributed by atoms with E-state index in [-0.39, 0.29) is 15.7 Å². The van der Waals surface area contributed by atoms with Gasteiger partial charge in [-0.3, -0.25) is 4.79 Å². The van der Waals surface area contributed by atoms with Crippen LogP contribution in [0.3, 0.4) is 0 Å². The minimum absolute atomic E-state index is 0.0236. The molecule has 0 aliphatic carbocycles. The van der Waals surface area contributed by atoms with E-state index < -0.39 is 24.5 Å². The highest BCUT2D eigenvalue weighted by atomic mass is 35.5. The first-order chi connectivity index (χ1) is 9.62. The van der Waals surface area contributed by atoms with Crippen LogP contribution in [0.25, 0.3) is 0 Å². The number of carbonyl (C=O) groups is 2. The van der Waals surface area contributed by atoms with Crippen molar-refractivity contribution in [2.24, 2.45) is 0 Å². The van der Waals surface area contributed by atoms with Gasteiger partial charge in [-0.25, -0.2) is 9.69 Å². The van der Waals surface area contributed by atoms with Gasteiger partial charge in [-0.05, 0) is 31.1 Å². The highest BCUT2D eigenvalue weighted by molar-refractivity contribution is 6.35. The molecule has 0 N–H and O–H groups in total. The number of rotatable bonds is 2. The van der Waals surface area contributed by atoms with E-state index in [1.54, 1.807) is 0 Å². The molecular weight excluding hydrogens is 280 g/mol. The molecule has 1 unspecified atom stereocenters. The maximum atomic E-state index is 12.4. The molecule has 94 valence electrons. The highest BCUT2D eigenvalue weighted by Gasteiger charge is 2.49. The SMILES string of the molecule is [2H][13C]([2H])([2H])[13C]1(C=C)OC(=O)N(c2cc(Cl)cc(Cl)c2)[13C]1=O. The molecule has 1 aliphatic rings. The van der Waals surface area contributed by atoms with E-state index in [2.05, 4.69) is 6.58 Å². The summed E-state index contributed by atoms with van der Waals surface area (Å²) in [4.78, 5) is 24.9. The fourth-order valence-corrected chi connectivity index (χ4v) is 2.01. The van der Waals surface area contributed by atoms with Crippen molar-refractivity contribution in [2.75, 3.05) is 4.90 Å². The van der Waals surface area contributed by atoms with Gasteiger partial charge in [-0.1, -0.05) is 29.8 Å². The zero-order chi connectivity index (χ0) is 16.0. The van der Waals surface area contributed by atoms with Crippen LogP contribution in [0.5, 0.6) is 0 Å². The first kappa shape index (κ1) is 9.42. The maximum Gasteiger partial charge on any atom is 0.422 e. The van der Waals surface area contributed by atoms with Crippen LogP contribution in [0.2, 0.25) is 10.0 Å². The normalized spacial score (nSPS) is 26.3. The number of imide groups is 1. The monoisotopic (exact) mass is 291 g/mol. The summed E-state index contributed by atoms with van der Waals surface area (Å²) < 4.78 is 27.1. The van der Waals surface area contributed by atoms with E-state index in [0.717, 1.165) is 6.08 Å². The van der Waals surface area contributed by atoms with Crippen molar-refractivity contribution >= 4 is 40.9 Å². The molecule has 0 saturated carbocycles. The van der Waals surface area contributed by atoms with Crippen molar-refractivity contribution in [2.45, 2.75) is 12.5 Å². The molecule has 2 rings (SSSR count). The zero-order valence-corrected chi connectivity index (χ0v) is 10.5. The molecule has 1 saturated heterocycles. The van der Waals surface area contributed by atoms with Crippen LogP contribution in [-0.2, 0) is 9.53 Å². The Morgan fingerprint density at radius 3 is 2.44 bits per heavy atom. The Hall–Kier alpha value is -1.52. The highest BCUT2D eigenvalue weighted by Crippen LogP contribution is 2.33. The van der Waals surface area contributed by atoms with E-state index >= 15 is 0 Å². The second-order valence-corrected chi connectivity index (χ2v) is 4.45. The second kappa shape index (κ2) is 4.30.